The van der Waals surface area contributed by atoms with Crippen LogP contribution in [0.15, 0.2) is 12.2 Å². The van der Waals surface area contributed by atoms with Crippen LogP contribution in [0.4, 0.5) is 0 Å². The second kappa shape index (κ2) is 4.40. The lowest BCUT2D eigenvalue weighted by molar-refractivity contribution is -0.150. The number of methoxy groups -OCH3 is 1. The van der Waals surface area contributed by atoms with Crippen LogP contribution < -0.4 is 0 Å². The van der Waals surface area contributed by atoms with Crippen molar-refractivity contribution in [1.29, 1.82) is 0 Å². The van der Waals surface area contributed by atoms with Gasteiger partial charge >= 0.3 is 5.97 Å². The predicted molar refractivity (Wildman–Crippen MR) is 73.1 cm³/mol. The summed E-state index contributed by atoms with van der Waals surface area (Å²) < 4.78 is 5.09. The lowest BCUT2D eigenvalue weighted by Gasteiger charge is -2.42. The summed E-state index contributed by atoms with van der Waals surface area (Å²) in [6, 6.07) is 0. The Hall–Kier alpha value is -0.790. The van der Waals surface area contributed by atoms with Crippen LogP contribution in [-0.2, 0) is 9.53 Å². The van der Waals surface area contributed by atoms with Crippen molar-refractivity contribution in [1.82, 2.24) is 0 Å². The van der Waals surface area contributed by atoms with Crippen molar-refractivity contribution in [2.45, 2.75) is 52.9 Å². The summed E-state index contributed by atoms with van der Waals surface area (Å²) in [7, 11) is 1.50. The molecule has 0 aromatic heterocycles. The molecule has 0 aromatic carbocycles. The van der Waals surface area contributed by atoms with E-state index < -0.39 is 5.41 Å². The molecule has 2 aliphatic carbocycles. The number of carbonyl (C=O) groups excluding carboxylic acids is 1. The minimum atomic E-state index is -0.424. The second-order valence-corrected chi connectivity index (χ2v) is 6.77. The van der Waals surface area contributed by atoms with Crippen molar-refractivity contribution in [2.75, 3.05) is 7.11 Å². The van der Waals surface area contributed by atoms with Crippen LogP contribution in [-0.4, -0.2) is 13.1 Å². The summed E-state index contributed by atoms with van der Waals surface area (Å²) >= 11 is 0. The highest BCUT2D eigenvalue weighted by Crippen LogP contribution is 2.63. The number of fused-ring (bicyclic) bond motifs is 1. The van der Waals surface area contributed by atoms with Crippen molar-refractivity contribution < 1.29 is 9.53 Å². The molecule has 2 saturated carbocycles. The molecule has 0 aliphatic heterocycles. The molecule has 0 aromatic rings. The summed E-state index contributed by atoms with van der Waals surface area (Å²) in [4.78, 5) is 12.3. The fourth-order valence-electron chi connectivity index (χ4n) is 4.38. The average molecular weight is 250 g/mol. The monoisotopic (exact) mass is 250 g/mol. The van der Waals surface area contributed by atoms with Gasteiger partial charge in [0, 0.05) is 0 Å². The molecule has 2 rings (SSSR count). The molecule has 18 heavy (non-hydrogen) atoms. The maximum atomic E-state index is 12.3. The van der Waals surface area contributed by atoms with Crippen LogP contribution in [0, 0.1) is 22.7 Å². The van der Waals surface area contributed by atoms with Gasteiger partial charge in [-0.3, -0.25) is 4.79 Å². The van der Waals surface area contributed by atoms with Crippen molar-refractivity contribution >= 4 is 5.97 Å². The third-order valence-corrected chi connectivity index (χ3v) is 5.92. The van der Waals surface area contributed by atoms with Crippen molar-refractivity contribution in [3.63, 3.8) is 0 Å². The minimum Gasteiger partial charge on any atom is -0.468 e. The number of carbonyl (C=O) groups is 1. The topological polar surface area (TPSA) is 26.3 Å². The Bertz CT molecular complexity index is 373. The zero-order valence-corrected chi connectivity index (χ0v) is 12.2. The molecule has 2 heteroatoms. The van der Waals surface area contributed by atoms with Gasteiger partial charge in [-0.2, -0.15) is 0 Å². The molecular formula is C16H26O2. The van der Waals surface area contributed by atoms with E-state index in [9.17, 15) is 4.79 Å². The van der Waals surface area contributed by atoms with Crippen LogP contribution >= 0.6 is 0 Å². The van der Waals surface area contributed by atoms with Gasteiger partial charge in [-0.05, 0) is 43.4 Å². The predicted octanol–water partition coefficient (Wildman–Crippen LogP) is 3.96. The molecule has 0 saturated heterocycles. The van der Waals surface area contributed by atoms with E-state index >= 15 is 0 Å². The number of rotatable bonds is 2. The summed E-state index contributed by atoms with van der Waals surface area (Å²) in [5.41, 5.74) is 0.843. The highest BCUT2D eigenvalue weighted by Gasteiger charge is 2.59. The van der Waals surface area contributed by atoms with Crippen LogP contribution in [0.3, 0.4) is 0 Å². The molecule has 0 unspecified atom stereocenters. The fraction of sp³-hybridized carbons (Fsp3) is 0.812. The van der Waals surface area contributed by atoms with E-state index in [2.05, 4.69) is 20.4 Å². The van der Waals surface area contributed by atoms with E-state index in [0.29, 0.717) is 11.8 Å². The Morgan fingerprint density at radius 3 is 2.56 bits per heavy atom. The Kier molecular flexibility index (Phi) is 3.33. The summed E-state index contributed by atoms with van der Waals surface area (Å²) in [5, 5.41) is 0. The van der Waals surface area contributed by atoms with Crippen molar-refractivity contribution in [3.05, 3.63) is 12.2 Å². The molecule has 2 fully saturated rings. The van der Waals surface area contributed by atoms with Crippen LogP contribution in [0.2, 0.25) is 0 Å². The lowest BCUT2D eigenvalue weighted by Crippen LogP contribution is -2.35. The molecule has 0 bridgehead atoms. The van der Waals surface area contributed by atoms with Gasteiger partial charge in [0.25, 0.3) is 0 Å². The Morgan fingerprint density at radius 2 is 2.06 bits per heavy atom. The minimum absolute atomic E-state index is 0.0715. The maximum Gasteiger partial charge on any atom is 0.315 e. The summed E-state index contributed by atoms with van der Waals surface area (Å²) in [6.07, 6.45) is 5.71. The van der Waals surface area contributed by atoms with Gasteiger partial charge in [0.05, 0.1) is 12.5 Å². The van der Waals surface area contributed by atoms with Gasteiger partial charge in [0.1, 0.15) is 0 Å². The Morgan fingerprint density at radius 1 is 1.39 bits per heavy atom. The zero-order chi connectivity index (χ0) is 13.6. The zero-order valence-electron chi connectivity index (χ0n) is 12.2. The molecule has 0 N–H and O–H groups in total. The van der Waals surface area contributed by atoms with Crippen molar-refractivity contribution in [3.8, 4) is 0 Å². The second-order valence-electron chi connectivity index (χ2n) is 6.77. The molecule has 0 amide bonds. The molecule has 0 heterocycles. The van der Waals surface area contributed by atoms with E-state index in [1.165, 1.54) is 26.4 Å². The summed E-state index contributed by atoms with van der Waals surface area (Å²) in [5.74, 6) is 1.28. The lowest BCUT2D eigenvalue weighted by atomic mass is 9.63. The van der Waals surface area contributed by atoms with E-state index in [1.54, 1.807) is 0 Å². The Balaban J connectivity index is 2.37. The van der Waals surface area contributed by atoms with Crippen LogP contribution in [0.1, 0.15) is 52.9 Å². The molecule has 2 nitrogen and oxygen atoms in total. The van der Waals surface area contributed by atoms with Gasteiger partial charge in [-0.15, -0.1) is 0 Å². The first-order valence-corrected chi connectivity index (χ1v) is 7.11. The maximum absolute atomic E-state index is 12.3. The fourth-order valence-corrected chi connectivity index (χ4v) is 4.38. The van der Waals surface area contributed by atoms with Crippen molar-refractivity contribution in [2.24, 2.45) is 22.7 Å². The Labute approximate surface area is 111 Å². The van der Waals surface area contributed by atoms with E-state index in [0.717, 1.165) is 18.4 Å². The first-order chi connectivity index (χ1) is 8.36. The van der Waals surface area contributed by atoms with Gasteiger partial charge in [-0.1, -0.05) is 38.8 Å². The average Bonchev–Trinajstić information content (AvgIpc) is 2.65. The van der Waals surface area contributed by atoms with Crippen LogP contribution in [0.25, 0.3) is 0 Å². The quantitative estimate of drug-likeness (QED) is 0.548. The number of ether oxygens (including phenoxy) is 1. The third-order valence-electron chi connectivity index (χ3n) is 5.92. The van der Waals surface area contributed by atoms with E-state index in [1.807, 2.05) is 6.92 Å². The van der Waals surface area contributed by atoms with Crippen LogP contribution in [0.5, 0.6) is 0 Å². The first kappa shape index (κ1) is 13.6. The molecule has 0 radical (unpaired) electrons. The van der Waals surface area contributed by atoms with Gasteiger partial charge in [0.15, 0.2) is 0 Å². The highest BCUT2D eigenvalue weighted by atomic mass is 16.5. The van der Waals surface area contributed by atoms with Gasteiger partial charge in [-0.25, -0.2) is 0 Å². The largest absolute Gasteiger partial charge is 0.468 e. The van der Waals surface area contributed by atoms with E-state index in [4.69, 9.17) is 4.74 Å². The first-order valence-electron chi connectivity index (χ1n) is 7.11. The number of esters is 1. The molecule has 0 spiro atoms. The smallest absolute Gasteiger partial charge is 0.315 e. The number of hydrogen-bond donors (Lipinski definition) is 0. The third kappa shape index (κ3) is 1.72. The highest BCUT2D eigenvalue weighted by molar-refractivity contribution is 5.81. The summed E-state index contributed by atoms with van der Waals surface area (Å²) in [6.45, 7) is 10.8. The van der Waals surface area contributed by atoms with Gasteiger partial charge in [0.2, 0.25) is 0 Å². The standard InChI is InChI=1S/C16H26O2/c1-11(2)16(14(17)18-5)9-13-8-6-7-12(3)15(13,4)10-16/h12-13H,1,6-10H2,2-5H3/t12-,13+,15+,16-/m0/s1. The molecular weight excluding hydrogens is 224 g/mol. The van der Waals surface area contributed by atoms with E-state index in [-0.39, 0.29) is 11.4 Å². The van der Waals surface area contributed by atoms with Gasteiger partial charge < -0.3 is 4.74 Å². The SMILES string of the molecule is C=C(C)[C@]1(C(=O)OC)C[C@H]2CCC[C@H](C)[C@@]2(C)C1. The molecule has 4 atom stereocenters. The normalized spacial score (nSPS) is 43.3. The number of hydrogen-bond acceptors (Lipinski definition) is 2. The molecule has 102 valence electrons. The molecule has 2 aliphatic rings.